The molecule has 4 aliphatic heterocycles. The molecule has 3 unspecified atom stereocenters. The van der Waals surface area contributed by atoms with Gasteiger partial charge in [-0.3, -0.25) is 9.59 Å². The predicted molar refractivity (Wildman–Crippen MR) is 182 cm³/mol. The van der Waals surface area contributed by atoms with Crippen LogP contribution in [0.1, 0.15) is 88.3 Å². The second-order valence-electron chi connectivity index (χ2n) is 14.9. The quantitative estimate of drug-likeness (QED) is 0.432. The van der Waals surface area contributed by atoms with E-state index in [1.165, 1.54) is 24.8 Å². The topological polar surface area (TPSA) is 110 Å². The number of ether oxygens (including phenoxy) is 1. The average Bonchev–Trinajstić information content (AvgIpc) is 3.70. The van der Waals surface area contributed by atoms with Gasteiger partial charge in [0.1, 0.15) is 5.75 Å². The van der Waals surface area contributed by atoms with Crippen molar-refractivity contribution in [1.29, 1.82) is 0 Å². The first kappa shape index (κ1) is 30.9. The number of piperazine rings is 1. The van der Waals surface area contributed by atoms with Crippen molar-refractivity contribution in [2.45, 2.75) is 95.7 Å². The third-order valence-electron chi connectivity index (χ3n) is 11.5. The fourth-order valence-corrected chi connectivity index (χ4v) is 10.7. The first-order valence-corrected chi connectivity index (χ1v) is 19.2. The lowest BCUT2D eigenvalue weighted by Crippen LogP contribution is -2.63. The van der Waals surface area contributed by atoms with Crippen LogP contribution in [0.2, 0.25) is 0 Å². The van der Waals surface area contributed by atoms with Crippen molar-refractivity contribution in [3.8, 4) is 5.75 Å². The molecular formula is C37H46N4O5S. The number of sulfonamides is 1. The number of carbonyl (C=O) groups is 2. The Labute approximate surface area is 277 Å². The summed E-state index contributed by atoms with van der Waals surface area (Å²) in [7, 11) is -2.08. The van der Waals surface area contributed by atoms with Gasteiger partial charge in [0.05, 0.1) is 29.9 Å². The molecule has 4 atom stereocenters. The zero-order valence-corrected chi connectivity index (χ0v) is 28.5. The third-order valence-corrected chi connectivity index (χ3v) is 13.1. The number of fused-ring (bicyclic) bond motifs is 9. The molecule has 10 heteroatoms. The molecule has 1 aromatic heterocycles. The van der Waals surface area contributed by atoms with E-state index in [0.29, 0.717) is 30.5 Å². The van der Waals surface area contributed by atoms with Crippen molar-refractivity contribution in [2.24, 2.45) is 11.8 Å². The summed E-state index contributed by atoms with van der Waals surface area (Å²) in [6.45, 7) is 5.68. The second kappa shape index (κ2) is 11.7. The standard InChI is InChI=1S/C37H46N4O5S/c1-21(2)20-47(44,45)39-36(42)34-29-19-41-30(16-28-31(46-3)15-14-25(35(28)41)22-8-5-4-6-9-22)32-26(33(29)34)10-7-11-27(32)37(43)40-18-23-12-13-24(40)17-38-23/h7,10,14-16,21-24,27,32,38H,4-6,8-9,11-13,17-20H2,1-3H3,(H,39,42)/t23?,24?,27-,32?/m1/s1. The summed E-state index contributed by atoms with van der Waals surface area (Å²) in [5.41, 5.74) is 6.63. The molecule has 3 aliphatic carbocycles. The summed E-state index contributed by atoms with van der Waals surface area (Å²) in [6.07, 6.45) is 12.9. The van der Waals surface area contributed by atoms with E-state index in [4.69, 9.17) is 4.74 Å². The van der Waals surface area contributed by atoms with Gasteiger partial charge in [-0.2, -0.15) is 0 Å². The molecule has 9 rings (SSSR count). The summed E-state index contributed by atoms with van der Waals surface area (Å²) >= 11 is 0. The van der Waals surface area contributed by atoms with Crippen LogP contribution in [0, 0.1) is 11.8 Å². The Kier molecular flexibility index (Phi) is 7.67. The fourth-order valence-electron chi connectivity index (χ4n) is 9.37. The molecular weight excluding hydrogens is 612 g/mol. The zero-order chi connectivity index (χ0) is 32.6. The Balaban J connectivity index is 1.28. The van der Waals surface area contributed by atoms with Crippen LogP contribution in [0.25, 0.3) is 10.9 Å². The number of amides is 2. The first-order valence-electron chi connectivity index (χ1n) is 17.6. The van der Waals surface area contributed by atoms with Crippen molar-refractivity contribution in [1.82, 2.24) is 19.5 Å². The minimum atomic E-state index is -3.79. The SMILES string of the molecule is COc1ccc(C2CCCCC2)c2c1cc1n2CC2=C(C(=O)NS(=O)(=O)CC(C)C)C2=C2C=CC[C@@H](C(=O)N3CC4CCC3CN4)C21. The fraction of sp³-hybridized carbons (Fsp3) is 0.568. The van der Waals surface area contributed by atoms with E-state index in [-0.39, 0.29) is 35.5 Å². The lowest BCUT2D eigenvalue weighted by atomic mass is 9.75. The third kappa shape index (κ3) is 5.26. The molecule has 5 heterocycles. The smallest absolute Gasteiger partial charge is 0.265 e. The van der Waals surface area contributed by atoms with Crippen LogP contribution in [0.3, 0.4) is 0 Å². The molecule has 9 nitrogen and oxygen atoms in total. The number of carbonyl (C=O) groups excluding carboxylic acids is 2. The highest BCUT2D eigenvalue weighted by Crippen LogP contribution is 2.55. The van der Waals surface area contributed by atoms with Gasteiger partial charge < -0.3 is 19.5 Å². The van der Waals surface area contributed by atoms with E-state index in [1.54, 1.807) is 7.11 Å². The molecule has 2 amide bonds. The number of piperidine rings is 2. The van der Waals surface area contributed by atoms with Crippen molar-refractivity contribution in [3.63, 3.8) is 0 Å². The molecule has 7 aliphatic rings. The van der Waals surface area contributed by atoms with Crippen LogP contribution in [0.15, 0.2) is 52.6 Å². The number of hydrogen-bond acceptors (Lipinski definition) is 6. The molecule has 3 saturated heterocycles. The number of methoxy groups -OCH3 is 1. The van der Waals surface area contributed by atoms with Crippen molar-refractivity contribution >= 4 is 32.7 Å². The van der Waals surface area contributed by atoms with E-state index in [9.17, 15) is 18.0 Å². The summed E-state index contributed by atoms with van der Waals surface area (Å²) in [5, 5.41) is 4.63. The second-order valence-corrected chi connectivity index (χ2v) is 16.7. The highest BCUT2D eigenvalue weighted by molar-refractivity contribution is 7.90. The molecule has 1 aromatic carbocycles. The molecule has 0 spiro atoms. The van der Waals surface area contributed by atoms with Gasteiger partial charge in [-0.15, -0.1) is 0 Å². The van der Waals surface area contributed by atoms with Gasteiger partial charge in [-0.05, 0) is 78.4 Å². The normalized spacial score (nSPS) is 27.1. The number of hydrogen-bond donors (Lipinski definition) is 2. The summed E-state index contributed by atoms with van der Waals surface area (Å²) < 4.78 is 36.4. The number of rotatable bonds is 7. The number of aromatic nitrogens is 1. The van der Waals surface area contributed by atoms with Crippen LogP contribution in [0.4, 0.5) is 0 Å². The van der Waals surface area contributed by atoms with E-state index < -0.39 is 15.9 Å². The van der Waals surface area contributed by atoms with E-state index in [1.807, 2.05) is 13.8 Å². The zero-order valence-electron chi connectivity index (χ0n) is 27.7. The van der Waals surface area contributed by atoms with Crippen LogP contribution in [0.5, 0.6) is 5.75 Å². The van der Waals surface area contributed by atoms with Crippen LogP contribution < -0.4 is 14.8 Å². The molecule has 0 radical (unpaired) electrons. The van der Waals surface area contributed by atoms with Gasteiger partial charge in [0.15, 0.2) is 0 Å². The Bertz CT molecular complexity index is 1850. The highest BCUT2D eigenvalue weighted by Gasteiger charge is 2.49. The first-order chi connectivity index (χ1) is 22.6. The molecule has 4 fully saturated rings. The minimum Gasteiger partial charge on any atom is -0.496 e. The van der Waals surface area contributed by atoms with Gasteiger partial charge >= 0.3 is 0 Å². The average molecular weight is 659 g/mol. The van der Waals surface area contributed by atoms with Crippen LogP contribution in [-0.2, 0) is 26.2 Å². The lowest BCUT2D eigenvalue weighted by molar-refractivity contribution is -0.142. The van der Waals surface area contributed by atoms with E-state index in [0.717, 1.165) is 77.8 Å². The van der Waals surface area contributed by atoms with Crippen molar-refractivity contribution in [2.75, 3.05) is 26.0 Å². The molecule has 2 bridgehead atoms. The highest BCUT2D eigenvalue weighted by atomic mass is 32.2. The Hall–Kier alpha value is -3.37. The van der Waals surface area contributed by atoms with Crippen molar-refractivity contribution in [3.05, 3.63) is 63.9 Å². The predicted octanol–water partition coefficient (Wildman–Crippen LogP) is 5.04. The van der Waals surface area contributed by atoms with Crippen LogP contribution >= 0.6 is 0 Å². The summed E-state index contributed by atoms with van der Waals surface area (Å²) in [5.74, 6) is 0.0590. The Morgan fingerprint density at radius 1 is 1.11 bits per heavy atom. The van der Waals surface area contributed by atoms with Gasteiger partial charge in [-0.1, -0.05) is 51.3 Å². The van der Waals surface area contributed by atoms with Gasteiger partial charge in [-0.25, -0.2) is 13.1 Å². The monoisotopic (exact) mass is 658 g/mol. The molecule has 2 N–H and O–H groups in total. The number of nitrogens with one attached hydrogen (secondary N) is 2. The summed E-state index contributed by atoms with van der Waals surface area (Å²) in [6, 6.07) is 7.09. The molecule has 47 heavy (non-hydrogen) atoms. The maximum atomic E-state index is 14.6. The van der Waals surface area contributed by atoms with E-state index >= 15 is 0 Å². The minimum absolute atomic E-state index is 0.107. The Morgan fingerprint density at radius 2 is 1.91 bits per heavy atom. The number of allylic oxidation sites excluding steroid dienone is 4. The van der Waals surface area contributed by atoms with Gasteiger partial charge in [0.25, 0.3) is 5.91 Å². The number of benzene rings is 1. The van der Waals surface area contributed by atoms with Gasteiger partial charge in [0.2, 0.25) is 15.9 Å². The number of nitrogens with zero attached hydrogens (tertiary/aromatic N) is 2. The maximum absolute atomic E-state index is 14.6. The molecule has 1 saturated carbocycles. The van der Waals surface area contributed by atoms with Crippen LogP contribution in [-0.4, -0.2) is 67.7 Å². The Morgan fingerprint density at radius 3 is 2.60 bits per heavy atom. The molecule has 2 aromatic rings. The summed E-state index contributed by atoms with van der Waals surface area (Å²) in [4.78, 5) is 30.5. The van der Waals surface area contributed by atoms with E-state index in [2.05, 4.69) is 49.9 Å². The maximum Gasteiger partial charge on any atom is 0.265 e. The van der Waals surface area contributed by atoms with Crippen molar-refractivity contribution < 1.29 is 22.7 Å². The molecule has 250 valence electrons. The largest absolute Gasteiger partial charge is 0.496 e. The lowest BCUT2D eigenvalue weighted by Gasteiger charge is -2.48. The van der Waals surface area contributed by atoms with Gasteiger partial charge in [0, 0.05) is 48.7 Å².